The molecular weight excluding hydrogens is 476 g/mol. The molecule has 2 aromatic carbocycles. The van der Waals surface area contributed by atoms with Crippen LogP contribution in [0.3, 0.4) is 0 Å². The van der Waals surface area contributed by atoms with Crippen molar-refractivity contribution in [3.8, 4) is 23.0 Å². The number of rotatable bonds is 11. The van der Waals surface area contributed by atoms with Gasteiger partial charge in [0.1, 0.15) is 11.3 Å². The Hall–Kier alpha value is -3.72. The third kappa shape index (κ3) is 4.71. The molecule has 0 radical (unpaired) electrons. The second kappa shape index (κ2) is 11.1. The SMILES string of the molecule is CCOc1ccc2c(=O)c3c(oc2c1)C(=O)N(CCN(CC)CC)C3c1cc(OC)c(OC)c(OC)c1. The maximum Gasteiger partial charge on any atom is 0.290 e. The Balaban J connectivity index is 1.93. The molecule has 2 heterocycles. The van der Waals surface area contributed by atoms with E-state index in [0.717, 1.165) is 13.1 Å². The van der Waals surface area contributed by atoms with Gasteiger partial charge in [-0.15, -0.1) is 0 Å². The lowest BCUT2D eigenvalue weighted by Gasteiger charge is -2.28. The van der Waals surface area contributed by atoms with E-state index in [9.17, 15) is 9.59 Å². The largest absolute Gasteiger partial charge is 0.494 e. The molecule has 0 fully saturated rings. The highest BCUT2D eigenvalue weighted by atomic mass is 16.5. The van der Waals surface area contributed by atoms with Gasteiger partial charge in [0.2, 0.25) is 11.5 Å². The Kier molecular flexibility index (Phi) is 7.92. The fourth-order valence-electron chi connectivity index (χ4n) is 4.88. The van der Waals surface area contributed by atoms with Crippen molar-refractivity contribution < 1.29 is 28.2 Å². The number of likely N-dealkylation sites (N-methyl/N-ethyl adjacent to an activating group) is 1. The third-order valence-corrected chi connectivity index (χ3v) is 6.80. The van der Waals surface area contributed by atoms with Gasteiger partial charge >= 0.3 is 0 Å². The third-order valence-electron chi connectivity index (χ3n) is 6.80. The molecule has 0 N–H and O–H groups in total. The van der Waals surface area contributed by atoms with Gasteiger partial charge in [-0.3, -0.25) is 9.59 Å². The van der Waals surface area contributed by atoms with E-state index in [1.807, 2.05) is 6.92 Å². The number of carbonyl (C=O) groups is 1. The topological polar surface area (TPSA) is 90.7 Å². The number of fused-ring (bicyclic) bond motifs is 2. The Labute approximate surface area is 216 Å². The lowest BCUT2D eigenvalue weighted by atomic mass is 9.97. The quantitative estimate of drug-likeness (QED) is 0.381. The molecule has 0 aliphatic carbocycles. The summed E-state index contributed by atoms with van der Waals surface area (Å²) in [7, 11) is 4.59. The van der Waals surface area contributed by atoms with E-state index in [-0.39, 0.29) is 17.1 Å². The average Bonchev–Trinajstić information content (AvgIpc) is 3.20. The van der Waals surface area contributed by atoms with E-state index < -0.39 is 6.04 Å². The van der Waals surface area contributed by atoms with Crippen LogP contribution in [0.25, 0.3) is 11.0 Å². The van der Waals surface area contributed by atoms with Gasteiger partial charge in [0.15, 0.2) is 16.9 Å². The molecule has 3 aromatic rings. The average molecular weight is 511 g/mol. The molecule has 0 spiro atoms. The van der Waals surface area contributed by atoms with Crippen molar-refractivity contribution in [1.82, 2.24) is 9.80 Å². The van der Waals surface area contributed by atoms with E-state index in [0.29, 0.717) is 64.8 Å². The molecule has 9 nitrogen and oxygen atoms in total. The molecule has 1 aliphatic rings. The van der Waals surface area contributed by atoms with E-state index in [2.05, 4.69) is 18.7 Å². The summed E-state index contributed by atoms with van der Waals surface area (Å²) >= 11 is 0. The highest BCUT2D eigenvalue weighted by Crippen LogP contribution is 2.45. The first-order valence-electron chi connectivity index (χ1n) is 12.5. The van der Waals surface area contributed by atoms with Crippen LogP contribution in [0.5, 0.6) is 23.0 Å². The second-order valence-electron chi connectivity index (χ2n) is 8.65. The van der Waals surface area contributed by atoms with Gasteiger partial charge in [0.05, 0.1) is 44.9 Å². The standard InChI is InChI=1S/C28H34N2O7/c1-7-29(8-2)12-13-30-24(17-14-21(33-4)26(35-6)22(15-17)34-5)23-25(31)19-11-10-18(36-9-3)16-20(19)37-27(23)28(30)32/h10-11,14-16,24H,7-9,12-13H2,1-6H3. The lowest BCUT2D eigenvalue weighted by molar-refractivity contribution is 0.0707. The monoisotopic (exact) mass is 510 g/mol. The second-order valence-corrected chi connectivity index (χ2v) is 8.65. The van der Waals surface area contributed by atoms with Crippen molar-refractivity contribution in [1.29, 1.82) is 0 Å². The maximum absolute atomic E-state index is 13.9. The first kappa shape index (κ1) is 26.3. The van der Waals surface area contributed by atoms with Crippen LogP contribution in [-0.2, 0) is 0 Å². The highest BCUT2D eigenvalue weighted by molar-refractivity contribution is 5.99. The molecule has 0 saturated heterocycles. The summed E-state index contributed by atoms with van der Waals surface area (Å²) < 4.78 is 28.3. The van der Waals surface area contributed by atoms with Crippen LogP contribution in [-0.4, -0.2) is 69.8 Å². The minimum absolute atomic E-state index is 0.0458. The molecule has 1 amide bonds. The molecule has 9 heteroatoms. The van der Waals surface area contributed by atoms with Crippen molar-refractivity contribution in [2.75, 3.05) is 54.1 Å². The molecule has 1 atom stereocenters. The Morgan fingerprint density at radius 2 is 1.62 bits per heavy atom. The summed E-state index contributed by atoms with van der Waals surface area (Å²) in [6.45, 7) is 9.26. The molecule has 4 rings (SSSR count). The van der Waals surface area contributed by atoms with Crippen molar-refractivity contribution in [2.45, 2.75) is 26.8 Å². The normalized spacial score (nSPS) is 14.8. The van der Waals surface area contributed by atoms with Crippen LogP contribution in [0.4, 0.5) is 0 Å². The highest BCUT2D eigenvalue weighted by Gasteiger charge is 2.43. The number of hydrogen-bond donors (Lipinski definition) is 0. The van der Waals surface area contributed by atoms with E-state index in [1.54, 1.807) is 35.2 Å². The fraction of sp³-hybridized carbons (Fsp3) is 0.429. The molecule has 1 aromatic heterocycles. The number of ether oxygens (including phenoxy) is 4. The molecule has 0 saturated carbocycles. The van der Waals surface area contributed by atoms with Gasteiger partial charge in [0, 0.05) is 19.2 Å². The zero-order valence-electron chi connectivity index (χ0n) is 22.3. The Bertz CT molecular complexity index is 1320. The smallest absolute Gasteiger partial charge is 0.290 e. The molecule has 1 aliphatic heterocycles. The van der Waals surface area contributed by atoms with Crippen molar-refractivity contribution in [2.24, 2.45) is 0 Å². The van der Waals surface area contributed by atoms with E-state index >= 15 is 0 Å². The van der Waals surface area contributed by atoms with Crippen LogP contribution in [0, 0.1) is 0 Å². The number of benzene rings is 2. The Morgan fingerprint density at radius 3 is 2.19 bits per heavy atom. The first-order chi connectivity index (χ1) is 17.9. The predicted octanol–water partition coefficient (Wildman–Crippen LogP) is 4.10. The van der Waals surface area contributed by atoms with E-state index in [4.69, 9.17) is 23.4 Å². The molecule has 198 valence electrons. The fourth-order valence-corrected chi connectivity index (χ4v) is 4.88. The van der Waals surface area contributed by atoms with Gasteiger partial charge in [-0.1, -0.05) is 13.8 Å². The van der Waals surface area contributed by atoms with Gasteiger partial charge in [-0.25, -0.2) is 0 Å². The number of carbonyl (C=O) groups excluding carboxylic acids is 1. The molecule has 0 bridgehead atoms. The summed E-state index contributed by atoms with van der Waals surface area (Å²) in [6.07, 6.45) is 0. The minimum Gasteiger partial charge on any atom is -0.494 e. The van der Waals surface area contributed by atoms with Crippen LogP contribution in [0.1, 0.15) is 48.5 Å². The van der Waals surface area contributed by atoms with Gasteiger partial charge < -0.3 is 33.2 Å². The summed E-state index contributed by atoms with van der Waals surface area (Å²) in [6, 6.07) is 7.95. The summed E-state index contributed by atoms with van der Waals surface area (Å²) in [5.74, 6) is 1.59. The predicted molar refractivity (Wildman–Crippen MR) is 140 cm³/mol. The summed E-state index contributed by atoms with van der Waals surface area (Å²) in [4.78, 5) is 31.6. The van der Waals surface area contributed by atoms with Crippen LogP contribution >= 0.6 is 0 Å². The summed E-state index contributed by atoms with van der Waals surface area (Å²) in [5.41, 5.74) is 1.03. The zero-order chi connectivity index (χ0) is 26.7. The summed E-state index contributed by atoms with van der Waals surface area (Å²) in [5, 5.41) is 0.387. The zero-order valence-corrected chi connectivity index (χ0v) is 22.3. The molecular formula is C28H34N2O7. The van der Waals surface area contributed by atoms with Gasteiger partial charge in [-0.2, -0.15) is 0 Å². The van der Waals surface area contributed by atoms with Crippen molar-refractivity contribution in [3.63, 3.8) is 0 Å². The molecule has 1 unspecified atom stereocenters. The van der Waals surface area contributed by atoms with Gasteiger partial charge in [0.25, 0.3) is 5.91 Å². The number of hydrogen-bond acceptors (Lipinski definition) is 8. The molecule has 37 heavy (non-hydrogen) atoms. The van der Waals surface area contributed by atoms with Crippen molar-refractivity contribution in [3.05, 3.63) is 57.4 Å². The number of methoxy groups -OCH3 is 3. The lowest BCUT2D eigenvalue weighted by Crippen LogP contribution is -2.37. The van der Waals surface area contributed by atoms with Crippen LogP contribution in [0.15, 0.2) is 39.5 Å². The number of nitrogens with zero attached hydrogens (tertiary/aromatic N) is 2. The van der Waals surface area contributed by atoms with Crippen LogP contribution in [0.2, 0.25) is 0 Å². The number of amides is 1. The van der Waals surface area contributed by atoms with Crippen LogP contribution < -0.4 is 24.4 Å². The first-order valence-corrected chi connectivity index (χ1v) is 12.5. The maximum atomic E-state index is 13.9. The van der Waals surface area contributed by atoms with Crippen molar-refractivity contribution >= 4 is 16.9 Å². The minimum atomic E-state index is -0.681. The van der Waals surface area contributed by atoms with Gasteiger partial charge in [-0.05, 0) is 49.8 Å². The Morgan fingerprint density at radius 1 is 0.946 bits per heavy atom. The van der Waals surface area contributed by atoms with E-state index in [1.165, 1.54) is 21.3 Å².